The van der Waals surface area contributed by atoms with Gasteiger partial charge in [0, 0.05) is 0 Å². The summed E-state index contributed by atoms with van der Waals surface area (Å²) in [5, 5.41) is 13.4. The molecule has 40 heavy (non-hydrogen) atoms. The van der Waals surface area contributed by atoms with E-state index in [1.165, 1.54) is 37.1 Å². The minimum absolute atomic E-state index is 0.0791. The van der Waals surface area contributed by atoms with Crippen LogP contribution < -0.4 is 20.1 Å². The fourth-order valence-electron chi connectivity index (χ4n) is 4.08. The van der Waals surface area contributed by atoms with E-state index in [0.717, 1.165) is 6.92 Å². The van der Waals surface area contributed by atoms with Crippen LogP contribution in [-0.2, 0) is 23.4 Å². The number of nitrogens with two attached hydrogens (primary N) is 1. The number of para-hydroxylation sites is 1. The molecule has 2 aromatic heterocycles. The number of anilines is 1. The van der Waals surface area contributed by atoms with Gasteiger partial charge in [0.1, 0.15) is 24.0 Å². The molecule has 3 aromatic rings. The number of aliphatic hydroxyl groups is 1. The number of halogens is 1. The number of aliphatic hydroxyl groups excluding tert-OH is 1. The van der Waals surface area contributed by atoms with E-state index < -0.39 is 56.6 Å². The van der Waals surface area contributed by atoms with Gasteiger partial charge in [-0.3, -0.25) is 13.9 Å². The van der Waals surface area contributed by atoms with Crippen molar-refractivity contribution in [3.05, 3.63) is 36.7 Å². The van der Waals surface area contributed by atoms with Crippen LogP contribution in [0.1, 0.15) is 33.9 Å². The summed E-state index contributed by atoms with van der Waals surface area (Å²) in [6, 6.07) is 7.02. The van der Waals surface area contributed by atoms with E-state index in [0.29, 0.717) is 0 Å². The lowest BCUT2D eigenvalue weighted by Crippen LogP contribution is -2.41. The van der Waals surface area contributed by atoms with E-state index in [4.69, 9.17) is 29.0 Å². The summed E-state index contributed by atoms with van der Waals surface area (Å²) in [6.45, 7) is 5.33. The second kappa shape index (κ2) is 11.6. The molecule has 6 atom stereocenters. The maximum absolute atomic E-state index is 15.9. The monoisotopic (exact) mass is 582 g/mol. The number of alkyl halides is 1. The van der Waals surface area contributed by atoms with Crippen molar-refractivity contribution in [1.82, 2.24) is 24.6 Å². The van der Waals surface area contributed by atoms with Gasteiger partial charge in [-0.2, -0.15) is 15.1 Å². The molecule has 218 valence electrons. The lowest BCUT2D eigenvalue weighted by atomic mass is 9.98. The molecule has 1 saturated heterocycles. The molecule has 0 aliphatic carbocycles. The molecule has 3 heterocycles. The lowest BCUT2D eigenvalue weighted by Gasteiger charge is -2.25. The third-order valence-electron chi connectivity index (χ3n) is 6.00. The molecular formula is C24H32FN6O8P. The number of ether oxygens (including phenoxy) is 3. The Labute approximate surface area is 229 Å². The zero-order valence-corrected chi connectivity index (χ0v) is 23.4. The Morgan fingerprint density at radius 3 is 2.65 bits per heavy atom. The predicted octanol–water partition coefficient (Wildman–Crippen LogP) is 2.54. The first-order valence-electron chi connectivity index (χ1n) is 12.4. The van der Waals surface area contributed by atoms with Crippen LogP contribution in [0.4, 0.5) is 10.3 Å². The zero-order valence-electron chi connectivity index (χ0n) is 22.6. The summed E-state index contributed by atoms with van der Waals surface area (Å²) in [5.74, 6) is -0.566. The number of nitrogen functional groups attached to an aromatic ring is 1. The molecule has 2 unspecified atom stereocenters. The molecule has 1 aromatic carbocycles. The molecule has 14 nitrogen and oxygen atoms in total. The molecule has 1 fully saturated rings. The number of imidazole rings is 1. The van der Waals surface area contributed by atoms with Gasteiger partial charge in [-0.1, -0.05) is 18.2 Å². The summed E-state index contributed by atoms with van der Waals surface area (Å²) >= 11 is 0. The highest BCUT2D eigenvalue weighted by molar-refractivity contribution is 7.52. The van der Waals surface area contributed by atoms with E-state index in [1.807, 2.05) is 0 Å². The van der Waals surface area contributed by atoms with E-state index in [9.17, 15) is 14.5 Å². The number of benzene rings is 1. The molecule has 0 saturated carbocycles. The Hall–Kier alpha value is -3.36. The topological polar surface area (TPSA) is 182 Å². The van der Waals surface area contributed by atoms with E-state index in [1.54, 1.807) is 32.0 Å². The molecule has 4 rings (SSSR count). The Morgan fingerprint density at radius 1 is 1.30 bits per heavy atom. The number of nitrogens with zero attached hydrogens (tertiary/aromatic N) is 4. The summed E-state index contributed by atoms with van der Waals surface area (Å²) in [6.07, 6.45) is -3.63. The minimum atomic E-state index is -4.29. The van der Waals surface area contributed by atoms with Crippen LogP contribution in [0.3, 0.4) is 0 Å². The number of carbonyl (C=O) groups excluding carboxylic acids is 1. The van der Waals surface area contributed by atoms with Crippen LogP contribution in [0.2, 0.25) is 0 Å². The van der Waals surface area contributed by atoms with Gasteiger partial charge in [0.2, 0.25) is 11.8 Å². The average Bonchev–Trinajstić information content (AvgIpc) is 3.40. The second-order valence-electron chi connectivity index (χ2n) is 9.57. The molecule has 4 N–H and O–H groups in total. The summed E-state index contributed by atoms with van der Waals surface area (Å²) in [5.41, 5.74) is 3.71. The number of hydrogen-bond donors (Lipinski definition) is 3. The number of esters is 1. The molecule has 0 bridgehead atoms. The average molecular weight is 583 g/mol. The molecule has 0 radical (unpaired) electrons. The van der Waals surface area contributed by atoms with Gasteiger partial charge >= 0.3 is 13.7 Å². The first-order valence-corrected chi connectivity index (χ1v) is 13.9. The fourth-order valence-corrected chi connectivity index (χ4v) is 5.58. The summed E-state index contributed by atoms with van der Waals surface area (Å²) in [7, 11) is -2.92. The smallest absolute Gasteiger partial charge is 0.459 e. The number of fused-ring (bicyclic) bond motifs is 1. The molecule has 0 amide bonds. The number of carbonyl (C=O) groups is 1. The first-order chi connectivity index (χ1) is 18.8. The van der Waals surface area contributed by atoms with Crippen molar-refractivity contribution >= 4 is 30.8 Å². The summed E-state index contributed by atoms with van der Waals surface area (Å²) in [4.78, 5) is 24.6. The highest BCUT2D eigenvalue weighted by Gasteiger charge is 2.56. The van der Waals surface area contributed by atoms with Crippen molar-refractivity contribution in [3.8, 4) is 11.6 Å². The van der Waals surface area contributed by atoms with Crippen LogP contribution in [0, 0.1) is 0 Å². The van der Waals surface area contributed by atoms with Crippen LogP contribution in [0.5, 0.6) is 11.6 Å². The number of rotatable bonds is 11. The molecule has 1 aliphatic heterocycles. The van der Waals surface area contributed by atoms with Gasteiger partial charge in [0.15, 0.2) is 23.1 Å². The van der Waals surface area contributed by atoms with Gasteiger partial charge in [-0.15, -0.1) is 0 Å². The number of aromatic nitrogens is 4. The normalized spacial score (nSPS) is 25.1. The Morgan fingerprint density at radius 2 is 2.00 bits per heavy atom. The van der Waals surface area contributed by atoms with Crippen LogP contribution in [0.25, 0.3) is 11.2 Å². The number of nitrogens with one attached hydrogen (secondary N) is 1. The quantitative estimate of drug-likeness (QED) is 0.222. The van der Waals surface area contributed by atoms with Gasteiger partial charge < -0.3 is 29.6 Å². The van der Waals surface area contributed by atoms with E-state index >= 15 is 4.39 Å². The van der Waals surface area contributed by atoms with E-state index in [-0.39, 0.29) is 28.7 Å². The standard InChI is InChI=1S/C24H32FN6O8P/c1-13(2)37-21(33)14(3)30-40(34,39-15-9-7-6-8-10-15)36-11-16-18(32)24(4,25)22(38-16)31-12-27-17-19(31)28-23(26)29-20(17)35-5/h6-10,12-14,16,18,22,32H,11H2,1-5H3,(H,30,34)(H2,26,28,29)/t14?,16-,18-,22+,24+,40?/m0/s1. The predicted molar refractivity (Wildman–Crippen MR) is 140 cm³/mol. The van der Waals surface area contributed by atoms with Crippen molar-refractivity contribution in [2.45, 2.75) is 63.9 Å². The van der Waals surface area contributed by atoms with E-state index in [2.05, 4.69) is 20.0 Å². The Kier molecular flexibility index (Phi) is 8.61. The first kappa shape index (κ1) is 29.6. The maximum Gasteiger partial charge on any atom is 0.459 e. The number of hydrogen-bond acceptors (Lipinski definition) is 12. The van der Waals surface area contributed by atoms with Crippen molar-refractivity contribution in [2.75, 3.05) is 19.5 Å². The minimum Gasteiger partial charge on any atom is -0.479 e. The maximum atomic E-state index is 15.9. The molecule has 0 spiro atoms. The van der Waals surface area contributed by atoms with Gasteiger partial charge in [0.25, 0.3) is 0 Å². The van der Waals surface area contributed by atoms with Crippen molar-refractivity contribution in [2.24, 2.45) is 0 Å². The fraction of sp³-hybridized carbons (Fsp3) is 0.500. The van der Waals surface area contributed by atoms with Gasteiger partial charge in [-0.05, 0) is 39.8 Å². The number of methoxy groups -OCH3 is 1. The zero-order chi connectivity index (χ0) is 29.2. The SMILES string of the molecule is COc1nc(N)nc2c1ncn2[C@@H]1O[C@@H](COP(=O)(NC(C)C(=O)OC(C)C)Oc2ccccc2)[C@H](O)[C@@]1(C)F. The van der Waals surface area contributed by atoms with Crippen molar-refractivity contribution in [3.63, 3.8) is 0 Å². The largest absolute Gasteiger partial charge is 0.479 e. The Bertz CT molecular complexity index is 1390. The Balaban J connectivity index is 1.56. The van der Waals surface area contributed by atoms with Gasteiger partial charge in [0.05, 0.1) is 26.1 Å². The van der Waals surface area contributed by atoms with Crippen LogP contribution in [-0.4, -0.2) is 74.3 Å². The third-order valence-corrected chi connectivity index (χ3v) is 7.65. The second-order valence-corrected chi connectivity index (χ2v) is 11.3. The molecule has 1 aliphatic rings. The molecule has 16 heteroatoms. The van der Waals surface area contributed by atoms with Crippen molar-refractivity contribution in [1.29, 1.82) is 0 Å². The highest BCUT2D eigenvalue weighted by Crippen LogP contribution is 2.48. The molecular weight excluding hydrogens is 550 g/mol. The van der Waals surface area contributed by atoms with Crippen molar-refractivity contribution < 1.29 is 42.1 Å². The van der Waals surface area contributed by atoms with Crippen LogP contribution in [0.15, 0.2) is 36.7 Å². The third kappa shape index (κ3) is 6.18. The van der Waals surface area contributed by atoms with Crippen LogP contribution >= 0.6 is 7.75 Å². The highest BCUT2D eigenvalue weighted by atomic mass is 31.2. The lowest BCUT2D eigenvalue weighted by molar-refractivity contribution is -0.149. The summed E-state index contributed by atoms with van der Waals surface area (Å²) < 4.78 is 58.3. The van der Waals surface area contributed by atoms with Gasteiger partial charge in [-0.25, -0.2) is 13.9 Å².